The van der Waals surface area contributed by atoms with E-state index < -0.39 is 0 Å². The predicted octanol–water partition coefficient (Wildman–Crippen LogP) is 4.11. The summed E-state index contributed by atoms with van der Waals surface area (Å²) in [5.41, 5.74) is 1.88. The van der Waals surface area contributed by atoms with E-state index in [9.17, 15) is 4.79 Å². The first-order valence-corrected chi connectivity index (χ1v) is 10.6. The highest BCUT2D eigenvalue weighted by atomic mass is 32.1. The molecular weight excluding hydrogens is 396 g/mol. The lowest BCUT2D eigenvalue weighted by molar-refractivity contribution is 0.208. The maximum Gasteiger partial charge on any atom is 0.323 e. The van der Waals surface area contributed by atoms with E-state index >= 15 is 0 Å². The summed E-state index contributed by atoms with van der Waals surface area (Å²) in [6.07, 6.45) is 0. The topological polar surface area (TPSA) is 74.2 Å². The van der Waals surface area contributed by atoms with Gasteiger partial charge in [-0.1, -0.05) is 48.5 Å². The van der Waals surface area contributed by atoms with E-state index in [0.29, 0.717) is 18.9 Å². The van der Waals surface area contributed by atoms with Gasteiger partial charge >= 0.3 is 6.03 Å². The van der Waals surface area contributed by atoms with Gasteiger partial charge in [0.25, 0.3) is 0 Å². The Hall–Kier alpha value is -3.52. The molecule has 0 spiro atoms. The highest BCUT2D eigenvalue weighted by Gasteiger charge is 2.23. The van der Waals surface area contributed by atoms with E-state index in [4.69, 9.17) is 0 Å². The van der Waals surface area contributed by atoms with Crippen LogP contribution in [-0.2, 0) is 0 Å². The number of nitrogens with zero attached hydrogens (tertiary/aromatic N) is 5. The Morgan fingerprint density at radius 2 is 1.63 bits per heavy atom. The van der Waals surface area contributed by atoms with Gasteiger partial charge in [0.2, 0.25) is 5.13 Å². The van der Waals surface area contributed by atoms with Crippen LogP contribution in [0.15, 0.2) is 66.7 Å². The number of aromatic nitrogens is 3. The summed E-state index contributed by atoms with van der Waals surface area (Å²) >= 11 is 1.40. The zero-order valence-corrected chi connectivity index (χ0v) is 17.0. The van der Waals surface area contributed by atoms with Gasteiger partial charge in [0, 0.05) is 48.7 Å². The lowest BCUT2D eigenvalue weighted by atomic mass is 10.2. The average molecular weight is 417 g/mol. The number of carbonyl (C=O) groups excluding carboxylic acids is 1. The van der Waals surface area contributed by atoms with Gasteiger partial charge in [0.1, 0.15) is 5.82 Å². The van der Waals surface area contributed by atoms with Gasteiger partial charge in [0.15, 0.2) is 5.82 Å². The van der Waals surface area contributed by atoms with Crippen LogP contribution in [0.4, 0.5) is 15.7 Å². The third-order valence-electron chi connectivity index (χ3n) is 5.12. The van der Waals surface area contributed by atoms with Crippen LogP contribution < -0.4 is 10.2 Å². The Morgan fingerprint density at radius 1 is 0.867 bits per heavy atom. The highest BCUT2D eigenvalue weighted by Crippen LogP contribution is 2.25. The molecule has 1 aliphatic rings. The third kappa shape index (κ3) is 3.81. The molecule has 150 valence electrons. The number of pyridine rings is 1. The first kappa shape index (κ1) is 18.5. The van der Waals surface area contributed by atoms with E-state index in [1.54, 1.807) is 0 Å². The van der Waals surface area contributed by atoms with Crippen molar-refractivity contribution in [2.75, 3.05) is 36.4 Å². The molecule has 0 aliphatic carbocycles. The van der Waals surface area contributed by atoms with E-state index in [-0.39, 0.29) is 6.03 Å². The summed E-state index contributed by atoms with van der Waals surface area (Å²) < 4.78 is 4.48. The van der Waals surface area contributed by atoms with Crippen LogP contribution in [0.3, 0.4) is 0 Å². The van der Waals surface area contributed by atoms with Crippen molar-refractivity contribution in [2.45, 2.75) is 0 Å². The molecule has 2 aromatic heterocycles. The summed E-state index contributed by atoms with van der Waals surface area (Å²) in [7, 11) is 0. The van der Waals surface area contributed by atoms with Gasteiger partial charge in [-0.05, 0) is 18.2 Å². The molecule has 1 aliphatic heterocycles. The number of fused-ring (bicyclic) bond motifs is 1. The van der Waals surface area contributed by atoms with Gasteiger partial charge in [-0.2, -0.15) is 9.36 Å². The smallest absolute Gasteiger partial charge is 0.323 e. The molecule has 1 fully saturated rings. The fourth-order valence-corrected chi connectivity index (χ4v) is 4.21. The summed E-state index contributed by atoms with van der Waals surface area (Å²) in [5.74, 6) is 1.32. The zero-order chi connectivity index (χ0) is 20.3. The standard InChI is InChI=1S/C22H20N6OS/c29-21(24-19-11-10-16-6-4-5-9-18(16)23-19)27-12-14-28(15-13-27)22-25-20(26-30-22)17-7-2-1-3-8-17/h1-11H,12-15H2,(H,23,24,29). The van der Waals surface area contributed by atoms with Crippen LogP contribution in [0.25, 0.3) is 22.3 Å². The minimum absolute atomic E-state index is 0.125. The monoisotopic (exact) mass is 416 g/mol. The minimum atomic E-state index is -0.125. The fraction of sp³-hybridized carbons (Fsp3) is 0.182. The van der Waals surface area contributed by atoms with Crippen molar-refractivity contribution in [2.24, 2.45) is 0 Å². The molecule has 0 saturated carbocycles. The fourth-order valence-electron chi connectivity index (χ4n) is 3.47. The van der Waals surface area contributed by atoms with E-state index in [2.05, 4.69) is 24.6 Å². The molecule has 30 heavy (non-hydrogen) atoms. The molecule has 0 radical (unpaired) electrons. The molecule has 0 bridgehead atoms. The number of hydrogen-bond acceptors (Lipinski definition) is 6. The third-order valence-corrected chi connectivity index (χ3v) is 5.90. The second kappa shape index (κ2) is 8.08. The summed E-state index contributed by atoms with van der Waals surface area (Å²) in [4.78, 5) is 25.9. The summed E-state index contributed by atoms with van der Waals surface area (Å²) in [5, 5.41) is 4.86. The summed E-state index contributed by atoms with van der Waals surface area (Å²) in [6.45, 7) is 2.70. The van der Waals surface area contributed by atoms with E-state index in [1.165, 1.54) is 11.5 Å². The lowest BCUT2D eigenvalue weighted by Crippen LogP contribution is -2.50. The largest absolute Gasteiger partial charge is 0.343 e. The number of rotatable bonds is 3. The van der Waals surface area contributed by atoms with Crippen LogP contribution in [-0.4, -0.2) is 51.5 Å². The number of piperazine rings is 1. The molecule has 8 heteroatoms. The van der Waals surface area contributed by atoms with Gasteiger partial charge < -0.3 is 9.80 Å². The van der Waals surface area contributed by atoms with Gasteiger partial charge in [-0.3, -0.25) is 5.32 Å². The van der Waals surface area contributed by atoms with Crippen LogP contribution in [0.1, 0.15) is 0 Å². The van der Waals surface area contributed by atoms with Crippen molar-refractivity contribution < 1.29 is 4.79 Å². The molecule has 2 amide bonds. The van der Waals surface area contributed by atoms with Gasteiger partial charge in [0.05, 0.1) is 5.52 Å². The number of amides is 2. The van der Waals surface area contributed by atoms with Crippen LogP contribution in [0, 0.1) is 0 Å². The highest BCUT2D eigenvalue weighted by molar-refractivity contribution is 7.09. The summed E-state index contributed by atoms with van der Waals surface area (Å²) in [6, 6.07) is 21.5. The zero-order valence-electron chi connectivity index (χ0n) is 16.2. The number of carbonyl (C=O) groups is 1. The molecule has 3 heterocycles. The van der Waals surface area contributed by atoms with Crippen LogP contribution in [0.2, 0.25) is 0 Å². The maximum atomic E-state index is 12.7. The van der Waals surface area contributed by atoms with Crippen molar-refractivity contribution >= 4 is 39.4 Å². The molecule has 0 unspecified atom stereocenters. The maximum absolute atomic E-state index is 12.7. The predicted molar refractivity (Wildman–Crippen MR) is 120 cm³/mol. The number of benzene rings is 2. The molecular formula is C22H20N6OS. The molecule has 1 saturated heterocycles. The van der Waals surface area contributed by atoms with Crippen LogP contribution >= 0.6 is 11.5 Å². The number of nitrogens with one attached hydrogen (secondary N) is 1. The number of hydrogen-bond donors (Lipinski definition) is 1. The van der Waals surface area contributed by atoms with Crippen molar-refractivity contribution in [3.63, 3.8) is 0 Å². The van der Waals surface area contributed by atoms with Crippen molar-refractivity contribution in [3.8, 4) is 11.4 Å². The quantitative estimate of drug-likeness (QED) is 0.544. The molecule has 4 aromatic rings. The Balaban J connectivity index is 1.20. The number of urea groups is 1. The van der Waals surface area contributed by atoms with Crippen molar-refractivity contribution in [3.05, 3.63) is 66.7 Å². The molecule has 5 rings (SSSR count). The Morgan fingerprint density at radius 3 is 2.47 bits per heavy atom. The van der Waals surface area contributed by atoms with Crippen LogP contribution in [0.5, 0.6) is 0 Å². The van der Waals surface area contributed by atoms with Gasteiger partial charge in [-0.15, -0.1) is 0 Å². The van der Waals surface area contributed by atoms with E-state index in [1.807, 2.05) is 71.6 Å². The average Bonchev–Trinajstić information content (AvgIpc) is 3.30. The molecule has 2 aromatic carbocycles. The second-order valence-corrected chi connectivity index (χ2v) is 7.79. The minimum Gasteiger partial charge on any atom is -0.343 e. The lowest BCUT2D eigenvalue weighted by Gasteiger charge is -2.34. The van der Waals surface area contributed by atoms with Crippen molar-refractivity contribution in [1.82, 2.24) is 19.2 Å². The van der Waals surface area contributed by atoms with Gasteiger partial charge in [-0.25, -0.2) is 9.78 Å². The first-order chi connectivity index (χ1) is 14.8. The molecule has 1 N–H and O–H groups in total. The molecule has 0 atom stereocenters. The Kier molecular flexibility index (Phi) is 4.98. The Labute approximate surface area is 178 Å². The Bertz CT molecular complexity index is 1170. The normalized spacial score (nSPS) is 14.1. The molecule has 7 nitrogen and oxygen atoms in total. The first-order valence-electron chi connectivity index (χ1n) is 9.82. The second-order valence-electron chi connectivity index (χ2n) is 7.06. The SMILES string of the molecule is O=C(Nc1ccc2ccccc2n1)N1CCN(c2nc(-c3ccccc3)ns2)CC1. The number of anilines is 2. The van der Waals surface area contributed by atoms with Crippen molar-refractivity contribution in [1.29, 1.82) is 0 Å². The number of para-hydroxylation sites is 1. The van der Waals surface area contributed by atoms with E-state index in [0.717, 1.165) is 40.5 Å².